The molecule has 2 saturated heterocycles. The molecule has 4 rings (SSSR count). The van der Waals surface area contributed by atoms with Gasteiger partial charge in [-0.3, -0.25) is 9.69 Å². The van der Waals surface area contributed by atoms with E-state index in [2.05, 4.69) is 15.0 Å². The van der Waals surface area contributed by atoms with Crippen LogP contribution in [0.5, 0.6) is 0 Å². The van der Waals surface area contributed by atoms with Crippen molar-refractivity contribution in [1.82, 2.24) is 24.4 Å². The molecule has 1 unspecified atom stereocenters. The van der Waals surface area contributed by atoms with Crippen LogP contribution < -0.4 is 0 Å². The van der Waals surface area contributed by atoms with Crippen molar-refractivity contribution in [1.29, 1.82) is 0 Å². The number of carbonyl (C=O) groups is 1. The summed E-state index contributed by atoms with van der Waals surface area (Å²) in [6.07, 6.45) is 8.25. The van der Waals surface area contributed by atoms with Gasteiger partial charge < -0.3 is 9.64 Å². The molecule has 2 fully saturated rings. The first-order chi connectivity index (χ1) is 11.8. The minimum absolute atomic E-state index is 0.173. The monoisotopic (exact) mass is 329 g/mol. The van der Waals surface area contributed by atoms with Crippen LogP contribution in [0.15, 0.2) is 24.7 Å². The number of fused-ring (bicyclic) bond motifs is 1. The van der Waals surface area contributed by atoms with E-state index in [1.165, 1.54) is 0 Å². The lowest BCUT2D eigenvalue weighted by molar-refractivity contribution is -0.140. The fraction of sp³-hybridized carbons (Fsp3) is 0.588. The molecule has 1 amide bonds. The number of rotatable bonds is 3. The van der Waals surface area contributed by atoms with Crippen molar-refractivity contribution < 1.29 is 9.53 Å². The second-order valence-electron chi connectivity index (χ2n) is 6.51. The Bertz CT molecular complexity index is 710. The highest BCUT2D eigenvalue weighted by molar-refractivity contribution is 5.81. The van der Waals surface area contributed by atoms with E-state index in [-0.39, 0.29) is 12.0 Å². The molecule has 0 bridgehead atoms. The number of hydrogen-bond acceptors (Lipinski definition) is 5. The average molecular weight is 329 g/mol. The van der Waals surface area contributed by atoms with Gasteiger partial charge in [-0.2, -0.15) is 5.10 Å². The second kappa shape index (κ2) is 6.86. The summed E-state index contributed by atoms with van der Waals surface area (Å²) in [4.78, 5) is 21.3. The standard InChI is InChI=1S/C17H23N5O2/c23-17(15-4-1-11-24-15)21-7-3-6-20(9-10-21)13-14-12-19-22-8-2-5-18-16(14)22/h2,5,8,12,15H,1,3-4,6-7,9-11,13H2. The van der Waals surface area contributed by atoms with E-state index < -0.39 is 0 Å². The summed E-state index contributed by atoms with van der Waals surface area (Å²) >= 11 is 0. The Balaban J connectivity index is 1.39. The molecular weight excluding hydrogens is 306 g/mol. The third kappa shape index (κ3) is 3.14. The largest absolute Gasteiger partial charge is 0.368 e. The number of amides is 1. The number of ether oxygens (including phenoxy) is 1. The van der Waals surface area contributed by atoms with Crippen LogP contribution in [0.1, 0.15) is 24.8 Å². The Morgan fingerprint density at radius 2 is 2.21 bits per heavy atom. The van der Waals surface area contributed by atoms with E-state index in [9.17, 15) is 4.79 Å². The summed E-state index contributed by atoms with van der Waals surface area (Å²) in [6, 6.07) is 1.88. The van der Waals surface area contributed by atoms with E-state index >= 15 is 0 Å². The van der Waals surface area contributed by atoms with Crippen molar-refractivity contribution in [2.75, 3.05) is 32.8 Å². The summed E-state index contributed by atoms with van der Waals surface area (Å²) in [5, 5.41) is 4.35. The van der Waals surface area contributed by atoms with Crippen LogP contribution in [-0.4, -0.2) is 69.2 Å². The third-order valence-corrected chi connectivity index (χ3v) is 4.85. The zero-order valence-corrected chi connectivity index (χ0v) is 13.8. The smallest absolute Gasteiger partial charge is 0.251 e. The molecule has 0 saturated carbocycles. The van der Waals surface area contributed by atoms with Crippen molar-refractivity contribution in [3.05, 3.63) is 30.2 Å². The molecule has 4 heterocycles. The topological polar surface area (TPSA) is 63.0 Å². The molecule has 0 N–H and O–H groups in total. The third-order valence-electron chi connectivity index (χ3n) is 4.85. The maximum absolute atomic E-state index is 12.5. The molecule has 0 spiro atoms. The molecule has 2 aliphatic heterocycles. The van der Waals surface area contributed by atoms with Gasteiger partial charge in [0.15, 0.2) is 5.65 Å². The lowest BCUT2D eigenvalue weighted by Gasteiger charge is -2.24. The number of carbonyl (C=O) groups excluding carboxylic acids is 1. The number of aromatic nitrogens is 3. The molecule has 0 aliphatic carbocycles. The Morgan fingerprint density at radius 3 is 3.08 bits per heavy atom. The van der Waals surface area contributed by atoms with Crippen molar-refractivity contribution in [2.24, 2.45) is 0 Å². The fourth-order valence-corrected chi connectivity index (χ4v) is 3.55. The molecule has 2 aliphatic rings. The highest BCUT2D eigenvalue weighted by atomic mass is 16.5. The molecular formula is C17H23N5O2. The SMILES string of the molecule is O=C(C1CCCO1)N1CCCN(Cc2cnn3cccnc23)CC1. The van der Waals surface area contributed by atoms with Crippen molar-refractivity contribution >= 4 is 11.6 Å². The zero-order valence-electron chi connectivity index (χ0n) is 13.8. The van der Waals surface area contributed by atoms with Crippen LogP contribution in [0.3, 0.4) is 0 Å². The molecule has 2 aromatic rings. The number of nitrogens with zero attached hydrogens (tertiary/aromatic N) is 5. The zero-order chi connectivity index (χ0) is 16.4. The van der Waals surface area contributed by atoms with Gasteiger partial charge in [-0.05, 0) is 25.3 Å². The molecule has 128 valence electrons. The predicted octanol–water partition coefficient (Wildman–Crippen LogP) is 0.943. The van der Waals surface area contributed by atoms with E-state index in [4.69, 9.17) is 4.74 Å². The van der Waals surface area contributed by atoms with Crippen molar-refractivity contribution in [3.8, 4) is 0 Å². The van der Waals surface area contributed by atoms with E-state index in [1.54, 1.807) is 10.7 Å². The van der Waals surface area contributed by atoms with Gasteiger partial charge in [-0.25, -0.2) is 9.50 Å². The highest BCUT2D eigenvalue weighted by Gasteiger charge is 2.29. The summed E-state index contributed by atoms with van der Waals surface area (Å²) in [5.41, 5.74) is 2.04. The Kier molecular flexibility index (Phi) is 4.44. The average Bonchev–Trinajstić information content (AvgIpc) is 3.21. The lowest BCUT2D eigenvalue weighted by Crippen LogP contribution is -2.41. The summed E-state index contributed by atoms with van der Waals surface area (Å²) in [6.45, 7) is 5.00. The second-order valence-corrected chi connectivity index (χ2v) is 6.51. The van der Waals surface area contributed by atoms with Gasteiger partial charge in [0.2, 0.25) is 0 Å². The van der Waals surface area contributed by atoms with Crippen molar-refractivity contribution in [2.45, 2.75) is 31.9 Å². The van der Waals surface area contributed by atoms with E-state index in [0.717, 1.165) is 69.8 Å². The normalized spacial score (nSPS) is 22.8. The van der Waals surface area contributed by atoms with Crippen LogP contribution in [0, 0.1) is 0 Å². The predicted molar refractivity (Wildman–Crippen MR) is 88.4 cm³/mol. The maximum Gasteiger partial charge on any atom is 0.251 e. The van der Waals surface area contributed by atoms with Gasteiger partial charge in [-0.15, -0.1) is 0 Å². The first-order valence-electron chi connectivity index (χ1n) is 8.71. The minimum atomic E-state index is -0.208. The first-order valence-corrected chi connectivity index (χ1v) is 8.71. The quantitative estimate of drug-likeness (QED) is 0.839. The van der Waals surface area contributed by atoms with Gasteiger partial charge in [0.05, 0.1) is 6.20 Å². The molecule has 7 nitrogen and oxygen atoms in total. The summed E-state index contributed by atoms with van der Waals surface area (Å²) < 4.78 is 7.35. The van der Waals surface area contributed by atoms with Crippen molar-refractivity contribution in [3.63, 3.8) is 0 Å². The fourth-order valence-electron chi connectivity index (χ4n) is 3.55. The molecule has 2 aromatic heterocycles. The summed E-state index contributed by atoms with van der Waals surface area (Å²) in [5.74, 6) is 0.173. The van der Waals surface area contributed by atoms with Crippen LogP contribution >= 0.6 is 0 Å². The van der Waals surface area contributed by atoms with E-state index in [0.29, 0.717) is 0 Å². The van der Waals surface area contributed by atoms with Gasteiger partial charge in [-0.1, -0.05) is 0 Å². The lowest BCUT2D eigenvalue weighted by atomic mass is 10.2. The van der Waals surface area contributed by atoms with Gasteiger partial charge >= 0.3 is 0 Å². The van der Waals surface area contributed by atoms with Crippen LogP contribution in [0.25, 0.3) is 5.65 Å². The number of hydrogen-bond donors (Lipinski definition) is 0. The summed E-state index contributed by atoms with van der Waals surface area (Å²) in [7, 11) is 0. The van der Waals surface area contributed by atoms with Gasteiger partial charge in [0.25, 0.3) is 5.91 Å². The minimum Gasteiger partial charge on any atom is -0.368 e. The Labute approximate surface area is 141 Å². The van der Waals surface area contributed by atoms with Crippen LogP contribution in [-0.2, 0) is 16.1 Å². The molecule has 1 atom stereocenters. The Morgan fingerprint density at radius 1 is 1.25 bits per heavy atom. The van der Waals surface area contributed by atoms with Crippen LogP contribution in [0.2, 0.25) is 0 Å². The first kappa shape index (κ1) is 15.5. The Hall–Kier alpha value is -1.99. The molecule has 0 aromatic carbocycles. The molecule has 0 radical (unpaired) electrons. The highest BCUT2D eigenvalue weighted by Crippen LogP contribution is 2.17. The van der Waals surface area contributed by atoms with Gasteiger partial charge in [0, 0.05) is 57.3 Å². The van der Waals surface area contributed by atoms with Crippen LogP contribution in [0.4, 0.5) is 0 Å². The van der Waals surface area contributed by atoms with Gasteiger partial charge in [0.1, 0.15) is 6.10 Å². The molecule has 7 heteroatoms. The molecule has 24 heavy (non-hydrogen) atoms. The maximum atomic E-state index is 12.5. The van der Waals surface area contributed by atoms with E-state index in [1.807, 2.05) is 23.4 Å².